The van der Waals surface area contributed by atoms with Crippen LogP contribution in [0.15, 0.2) is 18.2 Å². The molecule has 0 saturated heterocycles. The number of aryl methyl sites for hydroxylation is 1. The van der Waals surface area contributed by atoms with Crippen molar-refractivity contribution in [2.24, 2.45) is 5.92 Å². The molecule has 1 unspecified atom stereocenters. The highest BCUT2D eigenvalue weighted by Crippen LogP contribution is 2.39. The van der Waals surface area contributed by atoms with Gasteiger partial charge >= 0.3 is 5.97 Å². The molecule has 102 valence electrons. The molecular weight excluding hydrogens is 249 g/mol. The van der Waals surface area contributed by atoms with Crippen molar-refractivity contribution in [3.05, 3.63) is 35.1 Å². The number of nitrogens with one attached hydrogen (secondary N) is 1. The van der Waals surface area contributed by atoms with Crippen molar-refractivity contribution in [2.75, 3.05) is 0 Å². The Morgan fingerprint density at radius 1 is 1.42 bits per heavy atom. The lowest BCUT2D eigenvalue weighted by Crippen LogP contribution is -2.54. The number of halogens is 1. The third-order valence-corrected chi connectivity index (χ3v) is 3.65. The molecule has 4 nitrogen and oxygen atoms in total. The van der Waals surface area contributed by atoms with Gasteiger partial charge in [-0.15, -0.1) is 0 Å². The molecule has 1 aromatic rings. The first kappa shape index (κ1) is 13.5. The number of carbonyl (C=O) groups excluding carboxylic acids is 1. The maximum Gasteiger partial charge on any atom is 0.329 e. The number of aliphatic carboxylic acids is 1. The number of rotatable bonds is 4. The summed E-state index contributed by atoms with van der Waals surface area (Å²) in [6.07, 6.45) is 1.53. The summed E-state index contributed by atoms with van der Waals surface area (Å²) < 4.78 is 13.8. The summed E-state index contributed by atoms with van der Waals surface area (Å²) >= 11 is 0. The van der Waals surface area contributed by atoms with Crippen molar-refractivity contribution < 1.29 is 19.1 Å². The topological polar surface area (TPSA) is 66.4 Å². The first-order chi connectivity index (χ1) is 8.86. The molecule has 1 aliphatic rings. The lowest BCUT2D eigenvalue weighted by molar-refractivity contribution is -0.144. The van der Waals surface area contributed by atoms with Gasteiger partial charge in [0, 0.05) is 0 Å². The van der Waals surface area contributed by atoms with Crippen LogP contribution in [0.3, 0.4) is 0 Å². The monoisotopic (exact) mass is 265 g/mol. The van der Waals surface area contributed by atoms with E-state index in [1.807, 2.05) is 0 Å². The second-order valence-corrected chi connectivity index (χ2v) is 5.17. The summed E-state index contributed by atoms with van der Waals surface area (Å²) in [7, 11) is 0. The molecule has 1 atom stereocenters. The van der Waals surface area contributed by atoms with Crippen molar-refractivity contribution in [1.82, 2.24) is 5.32 Å². The summed E-state index contributed by atoms with van der Waals surface area (Å²) in [6, 6.07) is 4.48. The van der Waals surface area contributed by atoms with E-state index in [9.17, 15) is 19.1 Å². The molecule has 0 heterocycles. The molecule has 5 heteroatoms. The largest absolute Gasteiger partial charge is 0.480 e. The van der Waals surface area contributed by atoms with Crippen LogP contribution in [0.1, 0.15) is 35.7 Å². The van der Waals surface area contributed by atoms with Crippen molar-refractivity contribution in [2.45, 2.75) is 32.2 Å². The fourth-order valence-corrected chi connectivity index (χ4v) is 2.12. The molecule has 1 aromatic carbocycles. The zero-order valence-corrected chi connectivity index (χ0v) is 10.9. The van der Waals surface area contributed by atoms with Crippen LogP contribution in [0, 0.1) is 18.7 Å². The Kier molecular flexibility index (Phi) is 3.30. The Morgan fingerprint density at radius 2 is 2.05 bits per heavy atom. The van der Waals surface area contributed by atoms with Crippen LogP contribution >= 0.6 is 0 Å². The van der Waals surface area contributed by atoms with E-state index in [-0.39, 0.29) is 11.5 Å². The quantitative estimate of drug-likeness (QED) is 0.876. The average molecular weight is 265 g/mol. The number of carboxylic acids is 1. The smallest absolute Gasteiger partial charge is 0.329 e. The lowest BCUT2D eigenvalue weighted by Gasteiger charge is -2.26. The van der Waals surface area contributed by atoms with E-state index < -0.39 is 23.2 Å². The highest BCUT2D eigenvalue weighted by molar-refractivity contribution is 5.98. The SMILES string of the molecule is Cc1cccc(C(=O)NC(C)(C(=O)O)C2CC2)c1F. The standard InChI is InChI=1S/C14H16FNO3/c1-8-4-3-5-10(11(8)15)12(17)16-14(2,13(18)19)9-6-7-9/h3-5,9H,6-7H2,1-2H3,(H,16,17)(H,18,19). The van der Waals surface area contributed by atoms with Crippen LogP contribution in [-0.4, -0.2) is 22.5 Å². The van der Waals surface area contributed by atoms with Crippen LogP contribution in [0.5, 0.6) is 0 Å². The average Bonchev–Trinajstić information content (AvgIpc) is 3.16. The summed E-state index contributed by atoms with van der Waals surface area (Å²) in [6.45, 7) is 3.03. The van der Waals surface area contributed by atoms with Crippen LogP contribution in [0.2, 0.25) is 0 Å². The molecule has 0 aliphatic heterocycles. The number of benzene rings is 1. The Balaban J connectivity index is 2.25. The van der Waals surface area contributed by atoms with Gasteiger partial charge in [-0.1, -0.05) is 12.1 Å². The summed E-state index contributed by atoms with van der Waals surface area (Å²) in [5.74, 6) is -2.46. The lowest BCUT2D eigenvalue weighted by atomic mass is 9.95. The Hall–Kier alpha value is -1.91. The van der Waals surface area contributed by atoms with Gasteiger partial charge in [-0.05, 0) is 44.2 Å². The zero-order valence-electron chi connectivity index (χ0n) is 10.9. The van der Waals surface area contributed by atoms with Gasteiger partial charge in [0.2, 0.25) is 0 Å². The minimum absolute atomic E-state index is 0.0816. The van der Waals surface area contributed by atoms with E-state index >= 15 is 0 Å². The van der Waals surface area contributed by atoms with Crippen LogP contribution < -0.4 is 5.32 Å². The maximum atomic E-state index is 13.8. The fraction of sp³-hybridized carbons (Fsp3) is 0.429. The molecule has 2 N–H and O–H groups in total. The minimum atomic E-state index is -1.33. The molecule has 0 spiro atoms. The second-order valence-electron chi connectivity index (χ2n) is 5.17. The van der Waals surface area contributed by atoms with Gasteiger partial charge in [-0.3, -0.25) is 4.79 Å². The first-order valence-corrected chi connectivity index (χ1v) is 6.17. The normalized spacial score (nSPS) is 17.6. The molecule has 2 rings (SSSR count). The van der Waals surface area contributed by atoms with Gasteiger partial charge in [0.1, 0.15) is 11.4 Å². The van der Waals surface area contributed by atoms with Gasteiger partial charge < -0.3 is 10.4 Å². The third kappa shape index (κ3) is 2.45. The first-order valence-electron chi connectivity index (χ1n) is 6.17. The summed E-state index contributed by atoms with van der Waals surface area (Å²) in [4.78, 5) is 23.4. The van der Waals surface area contributed by atoms with E-state index in [1.165, 1.54) is 13.0 Å². The number of amides is 1. The molecule has 19 heavy (non-hydrogen) atoms. The highest BCUT2D eigenvalue weighted by Gasteiger charge is 2.48. The molecule has 1 saturated carbocycles. The van der Waals surface area contributed by atoms with Gasteiger partial charge in [-0.25, -0.2) is 9.18 Å². The Morgan fingerprint density at radius 3 is 2.58 bits per heavy atom. The Labute approximate surface area is 110 Å². The van der Waals surface area contributed by atoms with E-state index in [0.29, 0.717) is 5.56 Å². The zero-order chi connectivity index (χ0) is 14.2. The number of carbonyl (C=O) groups is 2. The van der Waals surface area contributed by atoms with E-state index in [4.69, 9.17) is 0 Å². The van der Waals surface area contributed by atoms with Gasteiger partial charge in [0.15, 0.2) is 0 Å². The van der Waals surface area contributed by atoms with Crippen molar-refractivity contribution in [3.8, 4) is 0 Å². The second kappa shape index (κ2) is 4.64. The maximum absolute atomic E-state index is 13.8. The minimum Gasteiger partial charge on any atom is -0.480 e. The van der Waals surface area contributed by atoms with E-state index in [2.05, 4.69) is 5.32 Å². The molecule has 1 fully saturated rings. The predicted octanol–water partition coefficient (Wildman–Crippen LogP) is 2.12. The third-order valence-electron chi connectivity index (χ3n) is 3.65. The molecule has 0 bridgehead atoms. The molecule has 0 aromatic heterocycles. The van der Waals surface area contributed by atoms with Crippen molar-refractivity contribution >= 4 is 11.9 Å². The summed E-state index contributed by atoms with van der Waals surface area (Å²) in [5, 5.41) is 11.7. The van der Waals surface area contributed by atoms with Crippen molar-refractivity contribution in [1.29, 1.82) is 0 Å². The van der Waals surface area contributed by atoms with Crippen LogP contribution in [0.25, 0.3) is 0 Å². The van der Waals surface area contributed by atoms with E-state index in [1.54, 1.807) is 19.1 Å². The van der Waals surface area contributed by atoms with Gasteiger partial charge in [0.25, 0.3) is 5.91 Å². The van der Waals surface area contributed by atoms with E-state index in [0.717, 1.165) is 12.8 Å². The van der Waals surface area contributed by atoms with Gasteiger partial charge in [-0.2, -0.15) is 0 Å². The molecular formula is C14H16FNO3. The summed E-state index contributed by atoms with van der Waals surface area (Å²) in [5.41, 5.74) is -1.09. The predicted molar refractivity (Wildman–Crippen MR) is 67.4 cm³/mol. The van der Waals surface area contributed by atoms with Gasteiger partial charge in [0.05, 0.1) is 5.56 Å². The van der Waals surface area contributed by atoms with Crippen LogP contribution in [0.4, 0.5) is 4.39 Å². The van der Waals surface area contributed by atoms with Crippen LogP contribution in [-0.2, 0) is 4.79 Å². The van der Waals surface area contributed by atoms with Crippen molar-refractivity contribution in [3.63, 3.8) is 0 Å². The number of hydrogen-bond donors (Lipinski definition) is 2. The molecule has 0 radical (unpaired) electrons. The Bertz CT molecular complexity index is 539. The number of carboxylic acid groups (broad SMARTS) is 1. The fourth-order valence-electron chi connectivity index (χ4n) is 2.12. The number of hydrogen-bond acceptors (Lipinski definition) is 2. The molecule has 1 aliphatic carbocycles. The molecule has 1 amide bonds. The highest BCUT2D eigenvalue weighted by atomic mass is 19.1.